The quantitative estimate of drug-likeness (QED) is 0.365. The van der Waals surface area contributed by atoms with Crippen molar-refractivity contribution in [1.82, 2.24) is 0 Å². The molecule has 0 aliphatic heterocycles. The smallest absolute Gasteiger partial charge is 0.131 e. The van der Waals surface area contributed by atoms with Crippen LogP contribution in [0.3, 0.4) is 0 Å². The highest BCUT2D eigenvalue weighted by molar-refractivity contribution is 5.58. The zero-order chi connectivity index (χ0) is 15.1. The number of halogens is 1. The molecule has 0 aromatic carbocycles. The number of quaternary nitrogens is 1. The summed E-state index contributed by atoms with van der Waals surface area (Å²) in [5.74, 6) is 0. The second kappa shape index (κ2) is 16.5. The van der Waals surface area contributed by atoms with Crippen molar-refractivity contribution in [3.8, 4) is 0 Å². The van der Waals surface area contributed by atoms with Crippen molar-refractivity contribution in [3.05, 3.63) is 0 Å². The van der Waals surface area contributed by atoms with Gasteiger partial charge in [0.1, 0.15) is 6.09 Å². The van der Waals surface area contributed by atoms with E-state index in [1.165, 1.54) is 51.5 Å². The zero-order valence-corrected chi connectivity index (χ0v) is 14.0. The fourth-order valence-corrected chi connectivity index (χ4v) is 1.76. The van der Waals surface area contributed by atoms with Crippen LogP contribution in [0.1, 0.15) is 51.4 Å². The Balaban J connectivity index is -0.000000508. The summed E-state index contributed by atoms with van der Waals surface area (Å²) < 4.78 is 1.09. The van der Waals surface area contributed by atoms with E-state index in [0.717, 1.165) is 10.9 Å². The summed E-state index contributed by atoms with van der Waals surface area (Å²) in [6.07, 6.45) is 8.77. The number of carboxylic acid groups (broad SMARTS) is 1. The van der Waals surface area contributed by atoms with E-state index >= 15 is 0 Å². The molecule has 0 bridgehead atoms. The van der Waals surface area contributed by atoms with E-state index in [0.29, 0.717) is 6.61 Å². The number of rotatable bonds is 10. The Labute approximate surface area is 130 Å². The molecule has 0 atom stereocenters. The van der Waals surface area contributed by atoms with E-state index in [1.54, 1.807) is 0 Å². The van der Waals surface area contributed by atoms with Gasteiger partial charge < -0.3 is 37.6 Å². The number of amides is 1. The molecule has 0 saturated carbocycles. The normalized spacial score (nSPS) is 10.2. The van der Waals surface area contributed by atoms with Crippen molar-refractivity contribution in [2.24, 2.45) is 5.73 Å². The van der Waals surface area contributed by atoms with Gasteiger partial charge in [0, 0.05) is 6.61 Å². The summed E-state index contributed by atoms with van der Waals surface area (Å²) in [5.41, 5.74) is 3.92. The Bertz CT molecular complexity index is 205. The molecular weight excluding hydrogens is 280 g/mol. The van der Waals surface area contributed by atoms with Gasteiger partial charge in [0.05, 0.1) is 27.7 Å². The van der Waals surface area contributed by atoms with Gasteiger partial charge in [0.15, 0.2) is 0 Å². The monoisotopic (exact) mass is 311 g/mol. The first-order valence-corrected chi connectivity index (χ1v) is 7.17. The average Bonchev–Trinajstić information content (AvgIpc) is 2.24. The van der Waals surface area contributed by atoms with Gasteiger partial charge in [0.2, 0.25) is 0 Å². The number of nitrogens with zero attached hydrogens (tertiary/aromatic N) is 1. The van der Waals surface area contributed by atoms with Crippen molar-refractivity contribution < 1.29 is 31.9 Å². The van der Waals surface area contributed by atoms with Gasteiger partial charge in [-0.1, -0.05) is 32.1 Å². The third kappa shape index (κ3) is 36.0. The molecule has 0 unspecified atom stereocenters. The number of unbranched alkanes of at least 4 members (excludes halogenated alkanes) is 7. The van der Waals surface area contributed by atoms with Gasteiger partial charge in [-0.2, -0.15) is 0 Å². The van der Waals surface area contributed by atoms with E-state index in [2.05, 4.69) is 26.9 Å². The van der Waals surface area contributed by atoms with Crippen LogP contribution in [0.15, 0.2) is 0 Å². The molecule has 0 aliphatic carbocycles. The SMILES string of the molecule is C[N+](C)(C)CCCCCCCCCCO.NC(=O)[O-].[Cl-]. The van der Waals surface area contributed by atoms with E-state index in [4.69, 9.17) is 15.0 Å². The van der Waals surface area contributed by atoms with Gasteiger partial charge >= 0.3 is 0 Å². The van der Waals surface area contributed by atoms with Crippen molar-refractivity contribution >= 4 is 6.09 Å². The number of primary amides is 1. The highest BCUT2D eigenvalue weighted by Gasteiger charge is 2.04. The molecule has 1 amide bonds. The van der Waals surface area contributed by atoms with Crippen molar-refractivity contribution in [2.45, 2.75) is 51.4 Å². The number of carbonyl (C=O) groups excluding carboxylic acids is 1. The molecule has 20 heavy (non-hydrogen) atoms. The maximum atomic E-state index is 8.67. The van der Waals surface area contributed by atoms with Gasteiger partial charge in [-0.3, -0.25) is 0 Å². The van der Waals surface area contributed by atoms with Crippen LogP contribution in [-0.2, 0) is 0 Å². The molecule has 124 valence electrons. The molecule has 0 fully saturated rings. The van der Waals surface area contributed by atoms with E-state index < -0.39 is 6.09 Å². The van der Waals surface area contributed by atoms with Gasteiger partial charge in [-0.15, -0.1) is 0 Å². The zero-order valence-electron chi connectivity index (χ0n) is 13.2. The molecule has 0 heterocycles. The van der Waals surface area contributed by atoms with Gasteiger partial charge in [-0.05, 0) is 19.3 Å². The fraction of sp³-hybridized carbons (Fsp3) is 0.929. The van der Waals surface area contributed by atoms with Crippen LogP contribution in [0.5, 0.6) is 0 Å². The summed E-state index contributed by atoms with van der Waals surface area (Å²) in [6, 6.07) is 0. The highest BCUT2D eigenvalue weighted by atomic mass is 35.5. The summed E-state index contributed by atoms with van der Waals surface area (Å²) in [5, 5.41) is 17.3. The minimum Gasteiger partial charge on any atom is -1.00 e. The first kappa shape index (κ1) is 24.5. The molecule has 0 aliphatic rings. The molecule has 0 spiro atoms. The van der Waals surface area contributed by atoms with E-state index in [9.17, 15) is 0 Å². The van der Waals surface area contributed by atoms with Crippen LogP contribution in [-0.4, -0.2) is 50.0 Å². The Hall–Kier alpha value is -0.520. The minimum atomic E-state index is -1.58. The highest BCUT2D eigenvalue weighted by Crippen LogP contribution is 2.09. The number of carbonyl (C=O) groups is 1. The van der Waals surface area contributed by atoms with Gasteiger partial charge in [0.25, 0.3) is 0 Å². The Morgan fingerprint density at radius 3 is 1.55 bits per heavy atom. The number of aliphatic hydroxyl groups excluding tert-OH is 1. The Kier molecular flexibility index (Phi) is 20.3. The Morgan fingerprint density at radius 1 is 0.950 bits per heavy atom. The lowest BCUT2D eigenvalue weighted by molar-refractivity contribution is -0.870. The van der Waals surface area contributed by atoms with Crippen LogP contribution < -0.4 is 23.2 Å². The standard InChI is InChI=1S/C13H30NO.CH3NO2.ClH/c1-14(2,3)12-10-8-6-4-5-7-9-11-13-15;2-1(3)4;/h15H,4-13H2,1-3H3;2H2,(H,3,4);1H/q+1;;/p-2. The lowest BCUT2D eigenvalue weighted by atomic mass is 10.1. The second-order valence-electron chi connectivity index (χ2n) is 5.89. The first-order valence-electron chi connectivity index (χ1n) is 7.17. The molecule has 0 radical (unpaired) electrons. The fourth-order valence-electron chi connectivity index (χ4n) is 1.76. The first-order chi connectivity index (χ1) is 8.79. The van der Waals surface area contributed by atoms with Crippen LogP contribution in [0.25, 0.3) is 0 Å². The molecule has 3 N–H and O–H groups in total. The van der Waals surface area contributed by atoms with Crippen molar-refractivity contribution in [1.29, 1.82) is 0 Å². The van der Waals surface area contributed by atoms with Crippen molar-refractivity contribution in [2.75, 3.05) is 34.3 Å². The van der Waals surface area contributed by atoms with Crippen LogP contribution >= 0.6 is 0 Å². The molecule has 5 nitrogen and oxygen atoms in total. The number of hydrogen-bond donors (Lipinski definition) is 2. The summed E-state index contributed by atoms with van der Waals surface area (Å²) >= 11 is 0. The predicted molar refractivity (Wildman–Crippen MR) is 76.5 cm³/mol. The van der Waals surface area contributed by atoms with Crippen LogP contribution in [0.4, 0.5) is 4.79 Å². The Morgan fingerprint density at radius 2 is 1.25 bits per heavy atom. The second-order valence-corrected chi connectivity index (χ2v) is 5.89. The maximum absolute atomic E-state index is 8.67. The molecule has 6 heteroatoms. The summed E-state index contributed by atoms with van der Waals surface area (Å²) in [6.45, 7) is 1.66. The topological polar surface area (TPSA) is 86.4 Å². The lowest BCUT2D eigenvalue weighted by Crippen LogP contribution is -3.00. The lowest BCUT2D eigenvalue weighted by Gasteiger charge is -2.23. The molecule has 0 saturated heterocycles. The molecule has 0 aromatic rings. The van der Waals surface area contributed by atoms with Crippen molar-refractivity contribution in [3.63, 3.8) is 0 Å². The van der Waals surface area contributed by atoms with Crippen LogP contribution in [0, 0.1) is 0 Å². The van der Waals surface area contributed by atoms with Gasteiger partial charge in [-0.25, -0.2) is 0 Å². The minimum absolute atomic E-state index is 0. The number of nitrogens with two attached hydrogens (primary N) is 1. The van der Waals surface area contributed by atoms with Crippen LogP contribution in [0.2, 0.25) is 0 Å². The third-order valence-electron chi connectivity index (χ3n) is 2.74. The molecular formula is C14H32ClN2O3-. The molecule has 0 rings (SSSR count). The number of hydrogen-bond acceptors (Lipinski definition) is 3. The number of aliphatic hydroxyl groups is 1. The predicted octanol–water partition coefficient (Wildman–Crippen LogP) is -1.90. The van der Waals surface area contributed by atoms with E-state index in [-0.39, 0.29) is 12.4 Å². The summed E-state index contributed by atoms with van der Waals surface area (Å²) in [4.78, 5) is 8.67. The third-order valence-corrected chi connectivity index (χ3v) is 2.74. The maximum Gasteiger partial charge on any atom is 0.131 e. The summed E-state index contributed by atoms with van der Waals surface area (Å²) in [7, 11) is 6.78. The average molecular weight is 312 g/mol. The largest absolute Gasteiger partial charge is 1.00 e. The molecule has 0 aromatic heterocycles. The van der Waals surface area contributed by atoms with E-state index in [1.807, 2.05) is 0 Å².